The second-order valence-corrected chi connectivity index (χ2v) is 5.52. The Morgan fingerprint density at radius 3 is 2.45 bits per heavy atom. The van der Waals surface area contributed by atoms with E-state index in [0.29, 0.717) is 17.4 Å². The SMILES string of the molecule is CCn1c(=O)c2ccccc2n(CC(=O)N2CCCC2)c1=O. The molecule has 116 valence electrons. The molecule has 0 saturated carbocycles. The summed E-state index contributed by atoms with van der Waals surface area (Å²) in [5.41, 5.74) is -0.193. The van der Waals surface area contributed by atoms with Crippen molar-refractivity contribution in [2.24, 2.45) is 0 Å². The predicted octanol–water partition coefficient (Wildman–Crippen LogP) is 0.805. The summed E-state index contributed by atoms with van der Waals surface area (Å²) < 4.78 is 2.60. The summed E-state index contributed by atoms with van der Waals surface area (Å²) in [5, 5.41) is 0.471. The van der Waals surface area contributed by atoms with Crippen LogP contribution in [0.3, 0.4) is 0 Å². The van der Waals surface area contributed by atoms with Gasteiger partial charge < -0.3 is 4.90 Å². The van der Waals surface area contributed by atoms with Gasteiger partial charge in [-0.15, -0.1) is 0 Å². The Hall–Kier alpha value is -2.37. The van der Waals surface area contributed by atoms with Crippen LogP contribution in [0.25, 0.3) is 10.9 Å². The quantitative estimate of drug-likeness (QED) is 0.842. The lowest BCUT2D eigenvalue weighted by molar-refractivity contribution is -0.130. The Bertz CT molecular complexity index is 829. The fourth-order valence-corrected chi connectivity index (χ4v) is 3.00. The van der Waals surface area contributed by atoms with Crippen LogP contribution in [-0.4, -0.2) is 33.0 Å². The molecule has 0 unspecified atom stereocenters. The predicted molar refractivity (Wildman–Crippen MR) is 84.0 cm³/mol. The molecular formula is C16H19N3O3. The van der Waals surface area contributed by atoms with E-state index in [1.54, 1.807) is 36.1 Å². The van der Waals surface area contributed by atoms with Crippen LogP contribution < -0.4 is 11.2 Å². The lowest BCUT2D eigenvalue weighted by atomic mass is 10.2. The highest BCUT2D eigenvalue weighted by Crippen LogP contribution is 2.11. The number of rotatable bonds is 3. The maximum absolute atomic E-state index is 12.5. The van der Waals surface area contributed by atoms with E-state index in [1.165, 1.54) is 9.13 Å². The molecule has 1 aromatic carbocycles. The topological polar surface area (TPSA) is 64.3 Å². The smallest absolute Gasteiger partial charge is 0.331 e. The second kappa shape index (κ2) is 5.79. The molecule has 0 N–H and O–H groups in total. The van der Waals surface area contributed by atoms with Crippen LogP contribution in [0.1, 0.15) is 19.8 Å². The van der Waals surface area contributed by atoms with Crippen LogP contribution in [0.15, 0.2) is 33.9 Å². The van der Waals surface area contributed by atoms with Crippen molar-refractivity contribution in [3.63, 3.8) is 0 Å². The zero-order valence-corrected chi connectivity index (χ0v) is 12.6. The number of hydrogen-bond acceptors (Lipinski definition) is 3. The van der Waals surface area contributed by atoms with Crippen LogP contribution in [0.2, 0.25) is 0 Å². The Balaban J connectivity index is 2.13. The lowest BCUT2D eigenvalue weighted by Gasteiger charge is -2.18. The van der Waals surface area contributed by atoms with Gasteiger partial charge >= 0.3 is 5.69 Å². The minimum Gasteiger partial charge on any atom is -0.341 e. The monoisotopic (exact) mass is 301 g/mol. The largest absolute Gasteiger partial charge is 0.341 e. The molecule has 3 rings (SSSR count). The number of para-hydroxylation sites is 1. The summed E-state index contributed by atoms with van der Waals surface area (Å²) in [4.78, 5) is 39.0. The summed E-state index contributed by atoms with van der Waals surface area (Å²) in [7, 11) is 0. The van der Waals surface area contributed by atoms with Crippen molar-refractivity contribution in [3.8, 4) is 0 Å². The average Bonchev–Trinajstić information content (AvgIpc) is 3.06. The normalized spacial score (nSPS) is 14.7. The molecule has 1 amide bonds. The molecule has 6 nitrogen and oxygen atoms in total. The first kappa shape index (κ1) is 14.6. The Kier molecular flexibility index (Phi) is 3.83. The van der Waals surface area contributed by atoms with Crippen molar-refractivity contribution in [1.29, 1.82) is 0 Å². The zero-order valence-electron chi connectivity index (χ0n) is 12.6. The van der Waals surface area contributed by atoms with E-state index in [2.05, 4.69) is 0 Å². The number of carbonyl (C=O) groups is 1. The number of nitrogens with zero attached hydrogens (tertiary/aromatic N) is 3. The average molecular weight is 301 g/mol. The number of aromatic nitrogens is 2. The van der Waals surface area contributed by atoms with Gasteiger partial charge in [0.05, 0.1) is 10.9 Å². The molecule has 6 heteroatoms. The zero-order chi connectivity index (χ0) is 15.7. The first-order chi connectivity index (χ1) is 10.6. The maximum atomic E-state index is 12.5. The van der Waals surface area contributed by atoms with E-state index < -0.39 is 5.69 Å². The van der Waals surface area contributed by atoms with Gasteiger partial charge in [0.2, 0.25) is 5.91 Å². The molecular weight excluding hydrogens is 282 g/mol. The van der Waals surface area contributed by atoms with Gasteiger partial charge in [0, 0.05) is 19.6 Å². The van der Waals surface area contributed by atoms with Crippen molar-refractivity contribution in [2.45, 2.75) is 32.9 Å². The molecule has 1 aliphatic rings. The van der Waals surface area contributed by atoms with E-state index in [1.807, 2.05) is 0 Å². The first-order valence-electron chi connectivity index (χ1n) is 7.63. The number of amides is 1. The van der Waals surface area contributed by atoms with Crippen molar-refractivity contribution in [2.75, 3.05) is 13.1 Å². The number of fused-ring (bicyclic) bond motifs is 1. The third kappa shape index (κ3) is 2.34. The number of benzene rings is 1. The fourth-order valence-electron chi connectivity index (χ4n) is 3.00. The highest BCUT2D eigenvalue weighted by atomic mass is 16.2. The summed E-state index contributed by atoms with van der Waals surface area (Å²) in [6, 6.07) is 6.95. The van der Waals surface area contributed by atoms with Crippen LogP contribution in [0.5, 0.6) is 0 Å². The van der Waals surface area contributed by atoms with Crippen LogP contribution in [-0.2, 0) is 17.9 Å². The maximum Gasteiger partial charge on any atom is 0.331 e. The number of hydrogen-bond donors (Lipinski definition) is 0. The van der Waals surface area contributed by atoms with Gasteiger partial charge in [-0.05, 0) is 31.9 Å². The van der Waals surface area contributed by atoms with Crippen molar-refractivity contribution in [1.82, 2.24) is 14.0 Å². The van der Waals surface area contributed by atoms with Crippen LogP contribution in [0, 0.1) is 0 Å². The van der Waals surface area contributed by atoms with Crippen molar-refractivity contribution in [3.05, 3.63) is 45.1 Å². The van der Waals surface area contributed by atoms with E-state index in [4.69, 9.17) is 0 Å². The number of carbonyl (C=O) groups excluding carboxylic acids is 1. The van der Waals surface area contributed by atoms with Crippen LogP contribution in [0.4, 0.5) is 0 Å². The molecule has 22 heavy (non-hydrogen) atoms. The van der Waals surface area contributed by atoms with E-state index >= 15 is 0 Å². The molecule has 2 heterocycles. The van der Waals surface area contributed by atoms with Crippen molar-refractivity contribution >= 4 is 16.8 Å². The Morgan fingerprint density at radius 2 is 1.77 bits per heavy atom. The first-order valence-corrected chi connectivity index (χ1v) is 7.63. The van der Waals surface area contributed by atoms with Gasteiger partial charge in [-0.2, -0.15) is 0 Å². The molecule has 2 aromatic rings. The van der Waals surface area contributed by atoms with Gasteiger partial charge in [-0.1, -0.05) is 12.1 Å². The standard InChI is InChI=1S/C16H19N3O3/c1-2-18-15(21)12-7-3-4-8-13(12)19(16(18)22)11-14(20)17-9-5-6-10-17/h3-4,7-8H,2,5-6,9-11H2,1H3. The molecule has 0 bridgehead atoms. The molecule has 0 aliphatic carbocycles. The minimum atomic E-state index is -0.418. The summed E-state index contributed by atoms with van der Waals surface area (Å²) in [6.45, 7) is 3.53. The van der Waals surface area contributed by atoms with Crippen LogP contribution >= 0.6 is 0 Å². The van der Waals surface area contributed by atoms with Gasteiger partial charge in [0.15, 0.2) is 0 Å². The molecule has 0 spiro atoms. The molecule has 1 fully saturated rings. The molecule has 1 aromatic heterocycles. The van der Waals surface area contributed by atoms with E-state index in [-0.39, 0.29) is 18.0 Å². The third-order valence-corrected chi connectivity index (χ3v) is 4.20. The van der Waals surface area contributed by atoms with Gasteiger partial charge in [-0.3, -0.25) is 18.7 Å². The molecule has 0 atom stereocenters. The highest BCUT2D eigenvalue weighted by Gasteiger charge is 2.20. The van der Waals surface area contributed by atoms with E-state index in [0.717, 1.165) is 25.9 Å². The molecule has 1 aliphatic heterocycles. The highest BCUT2D eigenvalue weighted by molar-refractivity contribution is 5.81. The fraction of sp³-hybridized carbons (Fsp3) is 0.438. The Morgan fingerprint density at radius 1 is 1.09 bits per heavy atom. The van der Waals surface area contributed by atoms with Crippen molar-refractivity contribution < 1.29 is 4.79 Å². The molecule has 0 radical (unpaired) electrons. The summed E-state index contributed by atoms with van der Waals surface area (Å²) in [6.07, 6.45) is 2.02. The summed E-state index contributed by atoms with van der Waals surface area (Å²) in [5.74, 6) is -0.0638. The molecule has 1 saturated heterocycles. The number of likely N-dealkylation sites (tertiary alicyclic amines) is 1. The third-order valence-electron chi connectivity index (χ3n) is 4.20. The Labute approximate surface area is 127 Å². The van der Waals surface area contributed by atoms with Gasteiger partial charge in [0.1, 0.15) is 6.54 Å². The second-order valence-electron chi connectivity index (χ2n) is 5.52. The summed E-state index contributed by atoms with van der Waals surface area (Å²) >= 11 is 0. The van der Waals surface area contributed by atoms with Gasteiger partial charge in [-0.25, -0.2) is 4.79 Å². The van der Waals surface area contributed by atoms with Gasteiger partial charge in [0.25, 0.3) is 5.56 Å². The van der Waals surface area contributed by atoms with E-state index in [9.17, 15) is 14.4 Å². The minimum absolute atomic E-state index is 0.0143. The lowest BCUT2D eigenvalue weighted by Crippen LogP contribution is -2.42.